The van der Waals surface area contributed by atoms with Crippen LogP contribution in [0.25, 0.3) is 6.08 Å². The SMILES string of the molecule is C=CCOc1c(Br)cc(/C=C2\C(=O)NC(=S)N(c3ccc(Cl)cc3)C2=O)cc1OCC. The number of carbonyl (C=O) groups excluding carboxylic acids is 2. The van der Waals surface area contributed by atoms with Crippen molar-refractivity contribution in [2.45, 2.75) is 6.92 Å². The van der Waals surface area contributed by atoms with Crippen LogP contribution in [0.2, 0.25) is 5.02 Å². The van der Waals surface area contributed by atoms with E-state index in [4.69, 9.17) is 33.3 Å². The summed E-state index contributed by atoms with van der Waals surface area (Å²) in [6, 6.07) is 10.0. The van der Waals surface area contributed by atoms with Crippen molar-refractivity contribution in [3.8, 4) is 11.5 Å². The topological polar surface area (TPSA) is 67.9 Å². The molecule has 0 atom stereocenters. The van der Waals surface area contributed by atoms with Crippen molar-refractivity contribution in [2.24, 2.45) is 0 Å². The molecule has 0 unspecified atom stereocenters. The van der Waals surface area contributed by atoms with Crippen molar-refractivity contribution in [2.75, 3.05) is 18.1 Å². The summed E-state index contributed by atoms with van der Waals surface area (Å²) in [5, 5.41) is 3.07. The molecule has 1 N–H and O–H groups in total. The average molecular weight is 522 g/mol. The first-order chi connectivity index (χ1) is 14.8. The van der Waals surface area contributed by atoms with E-state index in [2.05, 4.69) is 27.8 Å². The maximum atomic E-state index is 13.1. The number of nitrogens with one attached hydrogen (secondary N) is 1. The first-order valence-corrected chi connectivity index (χ1v) is 10.8. The van der Waals surface area contributed by atoms with Crippen LogP contribution in [0.15, 0.2) is 59.1 Å². The van der Waals surface area contributed by atoms with Crippen LogP contribution in [0.5, 0.6) is 11.5 Å². The molecule has 3 rings (SSSR count). The Bertz CT molecular complexity index is 1090. The Morgan fingerprint density at radius 3 is 2.58 bits per heavy atom. The van der Waals surface area contributed by atoms with Gasteiger partial charge < -0.3 is 9.47 Å². The first-order valence-electron chi connectivity index (χ1n) is 9.22. The summed E-state index contributed by atoms with van der Waals surface area (Å²) in [6.45, 7) is 6.20. The van der Waals surface area contributed by atoms with Crippen molar-refractivity contribution in [1.82, 2.24) is 5.32 Å². The summed E-state index contributed by atoms with van der Waals surface area (Å²) < 4.78 is 11.9. The Morgan fingerprint density at radius 1 is 1.23 bits per heavy atom. The van der Waals surface area contributed by atoms with Gasteiger partial charge in [-0.05, 0) is 83.1 Å². The minimum Gasteiger partial charge on any atom is -0.490 e. The molecule has 160 valence electrons. The van der Waals surface area contributed by atoms with Gasteiger partial charge in [-0.2, -0.15) is 0 Å². The number of ether oxygens (including phenoxy) is 2. The molecule has 0 aliphatic carbocycles. The monoisotopic (exact) mass is 520 g/mol. The molecule has 0 spiro atoms. The van der Waals surface area contributed by atoms with Crippen LogP contribution in [0, 0.1) is 0 Å². The number of hydrogen-bond acceptors (Lipinski definition) is 5. The van der Waals surface area contributed by atoms with E-state index in [1.807, 2.05) is 6.92 Å². The molecule has 0 bridgehead atoms. The second-order valence-corrected chi connectivity index (χ2v) is 7.97. The van der Waals surface area contributed by atoms with Gasteiger partial charge in [-0.3, -0.25) is 19.8 Å². The Kier molecular flexibility index (Phi) is 7.48. The predicted octanol–water partition coefficient (Wildman–Crippen LogP) is 4.90. The van der Waals surface area contributed by atoms with E-state index in [0.29, 0.717) is 45.5 Å². The van der Waals surface area contributed by atoms with Gasteiger partial charge in [-0.15, -0.1) is 0 Å². The van der Waals surface area contributed by atoms with E-state index in [-0.39, 0.29) is 10.7 Å². The maximum Gasteiger partial charge on any atom is 0.270 e. The van der Waals surface area contributed by atoms with Crippen molar-refractivity contribution >= 4 is 68.4 Å². The number of halogens is 2. The van der Waals surface area contributed by atoms with Gasteiger partial charge in [0.15, 0.2) is 16.6 Å². The molecular formula is C22H18BrClN2O4S. The van der Waals surface area contributed by atoms with E-state index < -0.39 is 11.8 Å². The molecular weight excluding hydrogens is 504 g/mol. The zero-order chi connectivity index (χ0) is 22.5. The van der Waals surface area contributed by atoms with Gasteiger partial charge in [0, 0.05) is 5.02 Å². The van der Waals surface area contributed by atoms with E-state index in [0.717, 1.165) is 0 Å². The van der Waals surface area contributed by atoms with Crippen LogP contribution in [0.1, 0.15) is 12.5 Å². The second-order valence-electron chi connectivity index (χ2n) is 6.30. The number of thiocarbonyl (C=S) groups is 1. The molecule has 2 aromatic carbocycles. The molecule has 2 amide bonds. The largest absolute Gasteiger partial charge is 0.490 e. The highest BCUT2D eigenvalue weighted by Gasteiger charge is 2.34. The van der Waals surface area contributed by atoms with E-state index in [1.54, 1.807) is 42.5 Å². The molecule has 2 aromatic rings. The molecule has 1 aliphatic heterocycles. The third-order valence-corrected chi connectivity index (χ3v) is 5.30. The number of anilines is 1. The minimum atomic E-state index is -0.582. The zero-order valence-electron chi connectivity index (χ0n) is 16.5. The smallest absolute Gasteiger partial charge is 0.270 e. The van der Waals surface area contributed by atoms with Gasteiger partial charge in [0.05, 0.1) is 16.8 Å². The third-order valence-electron chi connectivity index (χ3n) is 4.17. The van der Waals surface area contributed by atoms with Crippen molar-refractivity contribution in [3.05, 3.63) is 69.7 Å². The normalized spacial score (nSPS) is 15.1. The summed E-state index contributed by atoms with van der Waals surface area (Å²) in [4.78, 5) is 26.9. The molecule has 0 radical (unpaired) electrons. The lowest BCUT2D eigenvalue weighted by Gasteiger charge is -2.29. The number of rotatable bonds is 7. The van der Waals surface area contributed by atoms with Crippen molar-refractivity contribution < 1.29 is 19.1 Å². The Morgan fingerprint density at radius 2 is 1.94 bits per heavy atom. The molecule has 1 fully saturated rings. The van der Waals surface area contributed by atoms with E-state index >= 15 is 0 Å². The Labute approximate surface area is 198 Å². The van der Waals surface area contributed by atoms with Crippen LogP contribution in [-0.4, -0.2) is 30.1 Å². The molecule has 9 heteroatoms. The molecule has 0 aromatic heterocycles. The number of amides is 2. The molecule has 1 saturated heterocycles. The zero-order valence-corrected chi connectivity index (χ0v) is 19.6. The van der Waals surface area contributed by atoms with E-state index in [9.17, 15) is 9.59 Å². The van der Waals surface area contributed by atoms with Gasteiger partial charge in [-0.1, -0.05) is 24.3 Å². The van der Waals surface area contributed by atoms with Gasteiger partial charge in [0.2, 0.25) is 0 Å². The van der Waals surface area contributed by atoms with E-state index in [1.165, 1.54) is 11.0 Å². The highest BCUT2D eigenvalue weighted by Crippen LogP contribution is 2.38. The maximum absolute atomic E-state index is 13.1. The molecule has 6 nitrogen and oxygen atoms in total. The lowest BCUT2D eigenvalue weighted by molar-refractivity contribution is -0.122. The highest BCUT2D eigenvalue weighted by molar-refractivity contribution is 9.10. The van der Waals surface area contributed by atoms with Crippen LogP contribution < -0.4 is 19.7 Å². The van der Waals surface area contributed by atoms with Gasteiger partial charge in [-0.25, -0.2) is 0 Å². The van der Waals surface area contributed by atoms with Crippen LogP contribution in [0.4, 0.5) is 5.69 Å². The van der Waals surface area contributed by atoms with Crippen LogP contribution in [0.3, 0.4) is 0 Å². The summed E-state index contributed by atoms with van der Waals surface area (Å²) in [7, 11) is 0. The van der Waals surface area contributed by atoms with Gasteiger partial charge in [0.1, 0.15) is 12.2 Å². The van der Waals surface area contributed by atoms with Gasteiger partial charge in [0.25, 0.3) is 11.8 Å². The molecule has 1 aliphatic rings. The number of nitrogens with zero attached hydrogens (tertiary/aromatic N) is 1. The lowest BCUT2D eigenvalue weighted by Crippen LogP contribution is -2.54. The summed E-state index contributed by atoms with van der Waals surface area (Å²) in [6.07, 6.45) is 3.10. The van der Waals surface area contributed by atoms with Gasteiger partial charge >= 0.3 is 0 Å². The standard InChI is InChI=1S/C22H18BrClN2O4S/c1-3-9-30-19-17(23)11-13(12-18(19)29-4-2)10-16-20(27)25-22(31)26(21(16)28)15-7-5-14(24)6-8-15/h3,5-8,10-12H,1,4,9H2,2H3,(H,25,27,31)/b16-10+. The number of hydrogen-bond donors (Lipinski definition) is 1. The summed E-state index contributed by atoms with van der Waals surface area (Å²) in [5.74, 6) is -0.148. The predicted molar refractivity (Wildman–Crippen MR) is 129 cm³/mol. The quantitative estimate of drug-likeness (QED) is 0.243. The summed E-state index contributed by atoms with van der Waals surface area (Å²) in [5.41, 5.74) is 0.996. The van der Waals surface area contributed by atoms with Crippen molar-refractivity contribution in [1.29, 1.82) is 0 Å². The first kappa shape index (κ1) is 23.0. The number of carbonyl (C=O) groups is 2. The molecule has 31 heavy (non-hydrogen) atoms. The Hall–Kier alpha value is -2.68. The Balaban J connectivity index is 2.01. The fourth-order valence-corrected chi connectivity index (χ4v) is 3.85. The second kappa shape index (κ2) is 10.1. The minimum absolute atomic E-state index is 0.00108. The summed E-state index contributed by atoms with van der Waals surface area (Å²) >= 11 is 14.6. The molecule has 0 saturated carbocycles. The van der Waals surface area contributed by atoms with Crippen LogP contribution >= 0.6 is 39.7 Å². The fraction of sp³-hybridized carbons (Fsp3) is 0.136. The highest BCUT2D eigenvalue weighted by atomic mass is 79.9. The number of benzene rings is 2. The average Bonchev–Trinajstić information content (AvgIpc) is 2.72. The third kappa shape index (κ3) is 5.15. The molecule has 1 heterocycles. The fourth-order valence-electron chi connectivity index (χ4n) is 2.87. The van der Waals surface area contributed by atoms with Crippen LogP contribution in [-0.2, 0) is 9.59 Å². The lowest BCUT2D eigenvalue weighted by atomic mass is 10.1. The van der Waals surface area contributed by atoms with Crippen molar-refractivity contribution in [3.63, 3.8) is 0 Å².